The Balaban J connectivity index is 1.83. The van der Waals surface area contributed by atoms with Crippen LogP contribution in [0.5, 0.6) is 0 Å². The molecule has 6 heteroatoms. The van der Waals surface area contributed by atoms with E-state index in [2.05, 4.69) is 27.8 Å². The largest absolute Gasteiger partial charge is 0.350 e. The lowest BCUT2D eigenvalue weighted by Gasteiger charge is -2.03. The normalized spacial score (nSPS) is 11.1. The molecule has 0 aliphatic rings. The highest BCUT2D eigenvalue weighted by atomic mass is 35.5. The zero-order valence-corrected chi connectivity index (χ0v) is 12.2. The average Bonchev–Trinajstić information content (AvgIpc) is 2.91. The monoisotopic (exact) mass is 291 g/mol. The van der Waals surface area contributed by atoms with Gasteiger partial charge in [-0.25, -0.2) is 4.68 Å². The van der Waals surface area contributed by atoms with E-state index in [0.29, 0.717) is 12.5 Å². The van der Waals surface area contributed by atoms with Gasteiger partial charge in [-0.2, -0.15) is 0 Å². The molecule has 20 heavy (non-hydrogen) atoms. The van der Waals surface area contributed by atoms with Crippen LogP contribution in [-0.4, -0.2) is 26.8 Å². The second-order valence-corrected chi connectivity index (χ2v) is 4.85. The summed E-state index contributed by atoms with van der Waals surface area (Å²) in [5, 5.41) is 15.5. The first-order chi connectivity index (χ1) is 9.79. The third-order valence-corrected chi connectivity index (χ3v) is 3.07. The van der Waals surface area contributed by atoms with E-state index in [-0.39, 0.29) is 0 Å². The number of aryl methyl sites for hydroxylation is 1. The van der Waals surface area contributed by atoms with Crippen LogP contribution in [-0.2, 0) is 6.54 Å². The van der Waals surface area contributed by atoms with Gasteiger partial charge in [0, 0.05) is 18.1 Å². The Kier molecular flexibility index (Phi) is 5.55. The molecule has 1 N–H and O–H groups in total. The van der Waals surface area contributed by atoms with Gasteiger partial charge in [0.25, 0.3) is 0 Å². The van der Waals surface area contributed by atoms with Gasteiger partial charge in [-0.1, -0.05) is 54.3 Å². The van der Waals surface area contributed by atoms with Crippen LogP contribution < -0.4 is 5.32 Å². The zero-order chi connectivity index (χ0) is 14.2. The highest BCUT2D eigenvalue weighted by Crippen LogP contribution is 2.10. The first-order valence-corrected chi connectivity index (χ1v) is 7.09. The van der Waals surface area contributed by atoms with Gasteiger partial charge in [-0.3, -0.25) is 0 Å². The lowest BCUT2D eigenvalue weighted by Crippen LogP contribution is -2.09. The molecular weight excluding hydrogens is 274 g/mol. The van der Waals surface area contributed by atoms with Crippen molar-refractivity contribution in [2.24, 2.45) is 0 Å². The Morgan fingerprint density at radius 2 is 2.10 bits per heavy atom. The number of nitrogens with zero attached hydrogens (tertiary/aromatic N) is 4. The number of benzene rings is 1. The number of unbranched alkanes of at least 4 members (excludes halogenated alkanes) is 1. The van der Waals surface area contributed by atoms with Gasteiger partial charge in [0.05, 0.1) is 0 Å². The van der Waals surface area contributed by atoms with E-state index in [1.165, 1.54) is 0 Å². The van der Waals surface area contributed by atoms with Crippen molar-refractivity contribution >= 4 is 23.6 Å². The predicted octanol–water partition coefficient (Wildman–Crippen LogP) is 3.25. The molecule has 0 saturated carbocycles. The maximum Gasteiger partial charge on any atom is 0.243 e. The Hall–Kier alpha value is -1.88. The van der Waals surface area contributed by atoms with Gasteiger partial charge in [0.15, 0.2) is 0 Å². The molecule has 5 nitrogen and oxygen atoms in total. The van der Waals surface area contributed by atoms with Gasteiger partial charge < -0.3 is 5.32 Å². The molecule has 0 saturated heterocycles. The van der Waals surface area contributed by atoms with Crippen molar-refractivity contribution in [3.05, 3.63) is 40.9 Å². The van der Waals surface area contributed by atoms with Gasteiger partial charge in [-0.05, 0) is 34.5 Å². The highest BCUT2D eigenvalue weighted by molar-refractivity contribution is 6.30. The quantitative estimate of drug-likeness (QED) is 0.851. The Morgan fingerprint density at radius 3 is 2.85 bits per heavy atom. The van der Waals surface area contributed by atoms with Crippen molar-refractivity contribution in [1.29, 1.82) is 0 Å². The molecule has 1 heterocycles. The molecule has 0 spiro atoms. The molecule has 0 amide bonds. The number of aromatic nitrogens is 4. The van der Waals surface area contributed by atoms with E-state index >= 15 is 0 Å². The minimum atomic E-state index is 0.676. The van der Waals surface area contributed by atoms with Gasteiger partial charge in [0.2, 0.25) is 5.95 Å². The van der Waals surface area contributed by atoms with Crippen LogP contribution in [0.2, 0.25) is 5.02 Å². The Morgan fingerprint density at radius 1 is 1.30 bits per heavy atom. The van der Waals surface area contributed by atoms with Crippen LogP contribution in [0.3, 0.4) is 0 Å². The van der Waals surface area contributed by atoms with Crippen LogP contribution in [0.15, 0.2) is 30.3 Å². The molecule has 0 fully saturated rings. The summed E-state index contributed by atoms with van der Waals surface area (Å²) in [6, 6.07) is 7.70. The van der Waals surface area contributed by atoms with Crippen LogP contribution in [0.1, 0.15) is 25.3 Å². The Bertz CT molecular complexity index is 547. The second-order valence-electron chi connectivity index (χ2n) is 4.41. The number of nitrogens with one attached hydrogen (secondary N) is 1. The molecule has 0 aliphatic carbocycles. The summed E-state index contributed by atoms with van der Waals surface area (Å²) >= 11 is 5.84. The number of anilines is 1. The number of hydrogen-bond acceptors (Lipinski definition) is 4. The lowest BCUT2D eigenvalue weighted by molar-refractivity contribution is 0.557. The number of hydrogen-bond donors (Lipinski definition) is 1. The molecule has 0 unspecified atom stereocenters. The van der Waals surface area contributed by atoms with Crippen LogP contribution >= 0.6 is 11.6 Å². The first kappa shape index (κ1) is 14.5. The molecule has 1 aromatic heterocycles. The maximum atomic E-state index is 5.84. The van der Waals surface area contributed by atoms with Crippen molar-refractivity contribution in [3.8, 4) is 0 Å². The smallest absolute Gasteiger partial charge is 0.243 e. The molecule has 0 bridgehead atoms. The fourth-order valence-corrected chi connectivity index (χ4v) is 1.83. The molecule has 0 aliphatic heterocycles. The third kappa shape index (κ3) is 4.35. The maximum absolute atomic E-state index is 5.84. The molecule has 106 valence electrons. The van der Waals surface area contributed by atoms with Crippen molar-refractivity contribution in [2.75, 3.05) is 11.9 Å². The molecular formula is C14H18ClN5. The SMILES string of the molecule is CCCCn1nnnc1NCC=Cc1ccc(Cl)cc1. The van der Waals surface area contributed by atoms with Gasteiger partial charge in [-0.15, -0.1) is 0 Å². The number of halogens is 1. The molecule has 1 aromatic carbocycles. The van der Waals surface area contributed by atoms with Crippen molar-refractivity contribution in [3.63, 3.8) is 0 Å². The van der Waals surface area contributed by atoms with Crippen LogP contribution in [0.4, 0.5) is 5.95 Å². The summed E-state index contributed by atoms with van der Waals surface area (Å²) in [7, 11) is 0. The van der Waals surface area contributed by atoms with E-state index in [1.807, 2.05) is 36.4 Å². The van der Waals surface area contributed by atoms with Crippen LogP contribution in [0, 0.1) is 0 Å². The third-order valence-electron chi connectivity index (χ3n) is 2.81. The molecule has 0 atom stereocenters. The first-order valence-electron chi connectivity index (χ1n) is 6.71. The lowest BCUT2D eigenvalue weighted by atomic mass is 10.2. The van der Waals surface area contributed by atoms with E-state index in [0.717, 1.165) is 30.0 Å². The summed E-state index contributed by atoms with van der Waals surface area (Å²) in [6.07, 6.45) is 6.25. The van der Waals surface area contributed by atoms with Crippen molar-refractivity contribution in [2.45, 2.75) is 26.3 Å². The number of tetrazole rings is 1. The fraction of sp³-hybridized carbons (Fsp3) is 0.357. The van der Waals surface area contributed by atoms with Crippen molar-refractivity contribution < 1.29 is 0 Å². The van der Waals surface area contributed by atoms with Crippen LogP contribution in [0.25, 0.3) is 6.08 Å². The Labute approximate surface area is 123 Å². The summed E-state index contributed by atoms with van der Waals surface area (Å²) in [6.45, 7) is 3.66. The fourth-order valence-electron chi connectivity index (χ4n) is 1.71. The summed E-state index contributed by atoms with van der Waals surface area (Å²) in [5.74, 6) is 0.708. The standard InChI is InChI=1S/C14H18ClN5/c1-2-3-11-20-14(17-18-19-20)16-10-4-5-12-6-8-13(15)9-7-12/h4-9H,2-3,10-11H2,1H3,(H,16,17,19). The van der Waals surface area contributed by atoms with E-state index in [4.69, 9.17) is 11.6 Å². The number of rotatable bonds is 7. The topological polar surface area (TPSA) is 55.6 Å². The van der Waals surface area contributed by atoms with E-state index in [9.17, 15) is 0 Å². The average molecular weight is 292 g/mol. The summed E-state index contributed by atoms with van der Waals surface area (Å²) in [4.78, 5) is 0. The predicted molar refractivity (Wildman–Crippen MR) is 81.7 cm³/mol. The van der Waals surface area contributed by atoms with Gasteiger partial charge in [0.1, 0.15) is 0 Å². The molecule has 2 rings (SSSR count). The highest BCUT2D eigenvalue weighted by Gasteiger charge is 2.02. The zero-order valence-electron chi connectivity index (χ0n) is 11.5. The summed E-state index contributed by atoms with van der Waals surface area (Å²) < 4.78 is 1.79. The van der Waals surface area contributed by atoms with Gasteiger partial charge >= 0.3 is 0 Å². The minimum absolute atomic E-state index is 0.676. The second kappa shape index (κ2) is 7.65. The van der Waals surface area contributed by atoms with E-state index < -0.39 is 0 Å². The molecule has 0 radical (unpaired) electrons. The minimum Gasteiger partial charge on any atom is -0.350 e. The summed E-state index contributed by atoms with van der Waals surface area (Å²) in [5.41, 5.74) is 1.11. The van der Waals surface area contributed by atoms with Crippen molar-refractivity contribution in [1.82, 2.24) is 20.2 Å². The molecule has 2 aromatic rings. The van der Waals surface area contributed by atoms with E-state index in [1.54, 1.807) is 4.68 Å².